The van der Waals surface area contributed by atoms with Crippen LogP contribution in [0, 0.1) is 6.92 Å². The van der Waals surface area contributed by atoms with E-state index < -0.39 is 6.10 Å². The van der Waals surface area contributed by atoms with Gasteiger partial charge >= 0.3 is 0 Å². The van der Waals surface area contributed by atoms with Crippen LogP contribution in [0.4, 0.5) is 5.69 Å². The van der Waals surface area contributed by atoms with E-state index in [9.17, 15) is 14.7 Å². The van der Waals surface area contributed by atoms with Gasteiger partial charge in [0.05, 0.1) is 19.3 Å². The molecule has 0 spiro atoms. The molecule has 29 heavy (non-hydrogen) atoms. The first kappa shape index (κ1) is 21.0. The Hall–Kier alpha value is -2.70. The van der Waals surface area contributed by atoms with Crippen LogP contribution in [0.15, 0.2) is 48.5 Å². The Morgan fingerprint density at radius 2 is 1.97 bits per heavy atom. The predicted molar refractivity (Wildman–Crippen MR) is 112 cm³/mol. The molecule has 1 heterocycles. The van der Waals surface area contributed by atoms with Gasteiger partial charge in [0.25, 0.3) is 5.91 Å². The molecule has 0 saturated carbocycles. The van der Waals surface area contributed by atoms with Crippen molar-refractivity contribution in [3.8, 4) is 0 Å². The summed E-state index contributed by atoms with van der Waals surface area (Å²) in [7, 11) is 0. The van der Waals surface area contributed by atoms with Crippen molar-refractivity contribution in [3.63, 3.8) is 0 Å². The molecular formula is C23H28N2O4. The van der Waals surface area contributed by atoms with E-state index in [4.69, 9.17) is 4.74 Å². The molecule has 154 valence electrons. The van der Waals surface area contributed by atoms with Gasteiger partial charge in [-0.3, -0.25) is 9.59 Å². The van der Waals surface area contributed by atoms with E-state index in [-0.39, 0.29) is 24.5 Å². The highest BCUT2D eigenvalue weighted by atomic mass is 16.5. The van der Waals surface area contributed by atoms with Crippen molar-refractivity contribution < 1.29 is 19.4 Å². The maximum Gasteiger partial charge on any atom is 0.254 e. The van der Waals surface area contributed by atoms with Crippen molar-refractivity contribution in [1.29, 1.82) is 0 Å². The van der Waals surface area contributed by atoms with Gasteiger partial charge in [0.2, 0.25) is 5.91 Å². The van der Waals surface area contributed by atoms with E-state index in [1.807, 2.05) is 50.2 Å². The second-order valence-corrected chi connectivity index (χ2v) is 7.27. The van der Waals surface area contributed by atoms with E-state index >= 15 is 0 Å². The molecule has 2 N–H and O–H groups in total. The number of benzene rings is 2. The number of nitrogens with zero attached hydrogens (tertiary/aromatic N) is 1. The molecular weight excluding hydrogens is 368 g/mol. The van der Waals surface area contributed by atoms with Crippen molar-refractivity contribution in [3.05, 3.63) is 65.2 Å². The van der Waals surface area contributed by atoms with Crippen LogP contribution in [-0.2, 0) is 9.53 Å². The van der Waals surface area contributed by atoms with Crippen LogP contribution >= 0.6 is 0 Å². The van der Waals surface area contributed by atoms with Crippen molar-refractivity contribution in [2.75, 3.05) is 25.1 Å². The predicted octanol–water partition coefficient (Wildman–Crippen LogP) is 3.31. The number of hydrogen-bond donors (Lipinski definition) is 2. The largest absolute Gasteiger partial charge is 0.394 e. The quantitative estimate of drug-likeness (QED) is 0.785. The lowest BCUT2D eigenvalue weighted by Crippen LogP contribution is -2.49. The lowest BCUT2D eigenvalue weighted by atomic mass is 9.97. The fraction of sp³-hybridized carbons (Fsp3) is 0.391. The Labute approximate surface area is 171 Å². The molecule has 0 aromatic heterocycles. The summed E-state index contributed by atoms with van der Waals surface area (Å²) in [4.78, 5) is 27.2. The Balaban J connectivity index is 1.90. The molecule has 2 aromatic carbocycles. The number of aliphatic hydroxyl groups is 1. The number of morpholine rings is 1. The highest BCUT2D eigenvalue weighted by Crippen LogP contribution is 2.31. The monoisotopic (exact) mass is 396 g/mol. The first-order valence-electron chi connectivity index (χ1n) is 10.0. The zero-order valence-corrected chi connectivity index (χ0v) is 16.9. The Bertz CT molecular complexity index is 853. The molecule has 0 radical (unpaired) electrons. The van der Waals surface area contributed by atoms with E-state index in [1.54, 1.807) is 17.0 Å². The van der Waals surface area contributed by atoms with E-state index in [2.05, 4.69) is 5.32 Å². The number of amides is 2. The van der Waals surface area contributed by atoms with Gasteiger partial charge in [0.15, 0.2) is 0 Å². The van der Waals surface area contributed by atoms with Crippen molar-refractivity contribution in [2.24, 2.45) is 0 Å². The van der Waals surface area contributed by atoms with Gasteiger partial charge in [-0.15, -0.1) is 0 Å². The number of aryl methyl sites for hydroxylation is 1. The number of carbonyl (C=O) groups is 2. The van der Waals surface area contributed by atoms with Gasteiger partial charge in [0, 0.05) is 24.2 Å². The summed E-state index contributed by atoms with van der Waals surface area (Å²) < 4.78 is 5.73. The number of hydrogen-bond acceptors (Lipinski definition) is 4. The van der Waals surface area contributed by atoms with Crippen LogP contribution in [0.3, 0.4) is 0 Å². The molecule has 2 atom stereocenters. The molecule has 2 amide bonds. The normalized spacial score (nSPS) is 19.1. The van der Waals surface area contributed by atoms with Crippen LogP contribution in [0.2, 0.25) is 0 Å². The number of nitrogens with one attached hydrogen (secondary N) is 1. The molecule has 1 fully saturated rings. The molecule has 1 aliphatic heterocycles. The van der Waals surface area contributed by atoms with Crippen LogP contribution < -0.4 is 5.32 Å². The first-order valence-corrected chi connectivity index (χ1v) is 10.0. The van der Waals surface area contributed by atoms with Crippen molar-refractivity contribution in [2.45, 2.75) is 38.8 Å². The van der Waals surface area contributed by atoms with Gasteiger partial charge in [-0.05, 0) is 36.6 Å². The molecule has 6 nitrogen and oxygen atoms in total. The summed E-state index contributed by atoms with van der Waals surface area (Å²) in [5, 5.41) is 12.7. The van der Waals surface area contributed by atoms with E-state index in [0.29, 0.717) is 30.8 Å². The third-order valence-electron chi connectivity index (χ3n) is 5.17. The maximum absolute atomic E-state index is 13.4. The second kappa shape index (κ2) is 9.67. The zero-order valence-electron chi connectivity index (χ0n) is 16.9. The molecule has 3 rings (SSSR count). The fourth-order valence-electron chi connectivity index (χ4n) is 3.65. The molecule has 2 aromatic rings. The van der Waals surface area contributed by atoms with Crippen LogP contribution in [0.5, 0.6) is 0 Å². The molecule has 0 aliphatic carbocycles. The minimum absolute atomic E-state index is 0.0610. The third-order valence-corrected chi connectivity index (χ3v) is 5.17. The zero-order chi connectivity index (χ0) is 20.8. The van der Waals surface area contributed by atoms with Crippen LogP contribution in [0.1, 0.15) is 47.3 Å². The van der Waals surface area contributed by atoms with Crippen molar-refractivity contribution in [1.82, 2.24) is 4.90 Å². The van der Waals surface area contributed by atoms with Crippen LogP contribution in [-0.4, -0.2) is 47.7 Å². The number of ether oxygens (including phenoxy) is 1. The third kappa shape index (κ3) is 4.83. The number of aliphatic hydroxyl groups excluding tert-OH is 1. The average Bonchev–Trinajstić information content (AvgIpc) is 2.75. The van der Waals surface area contributed by atoms with Crippen LogP contribution in [0.25, 0.3) is 0 Å². The molecule has 1 aliphatic rings. The Morgan fingerprint density at radius 1 is 1.21 bits per heavy atom. The van der Waals surface area contributed by atoms with Gasteiger partial charge in [-0.25, -0.2) is 0 Å². The van der Waals surface area contributed by atoms with Gasteiger partial charge in [-0.2, -0.15) is 0 Å². The first-order chi connectivity index (χ1) is 14.0. The summed E-state index contributed by atoms with van der Waals surface area (Å²) >= 11 is 0. The lowest BCUT2D eigenvalue weighted by Gasteiger charge is -2.41. The van der Waals surface area contributed by atoms with Crippen molar-refractivity contribution >= 4 is 17.5 Å². The Kier molecular flexibility index (Phi) is 7.01. The lowest BCUT2D eigenvalue weighted by molar-refractivity contribution is -0.116. The summed E-state index contributed by atoms with van der Waals surface area (Å²) in [6.45, 7) is 4.48. The summed E-state index contributed by atoms with van der Waals surface area (Å²) in [6.07, 6.45) is 0.720. The summed E-state index contributed by atoms with van der Waals surface area (Å²) in [6, 6.07) is 14.6. The number of anilines is 1. The average molecular weight is 396 g/mol. The highest BCUT2D eigenvalue weighted by molar-refractivity contribution is 5.98. The Morgan fingerprint density at radius 3 is 2.66 bits per heavy atom. The minimum atomic E-state index is -0.482. The number of rotatable bonds is 6. The molecule has 0 bridgehead atoms. The molecule has 6 heteroatoms. The second-order valence-electron chi connectivity index (χ2n) is 7.27. The smallest absolute Gasteiger partial charge is 0.254 e. The van der Waals surface area contributed by atoms with Gasteiger partial charge in [0.1, 0.15) is 6.10 Å². The summed E-state index contributed by atoms with van der Waals surface area (Å²) in [5.74, 6) is -0.208. The molecule has 1 saturated heterocycles. The fourth-order valence-corrected chi connectivity index (χ4v) is 3.65. The van der Waals surface area contributed by atoms with E-state index in [1.165, 1.54) is 0 Å². The molecule has 2 unspecified atom stereocenters. The minimum Gasteiger partial charge on any atom is -0.394 e. The standard InChI is InChI=1S/C23H28N2O4/c1-3-7-21(27)24-19-14-18(11-10-16(19)2)23(28)25-12-13-29-20(15-26)22(25)17-8-5-4-6-9-17/h4-6,8-11,14,20,22,26H,3,7,12-13,15H2,1-2H3,(H,24,27). The topological polar surface area (TPSA) is 78.9 Å². The highest BCUT2D eigenvalue weighted by Gasteiger charge is 2.36. The number of carbonyl (C=O) groups excluding carboxylic acids is 2. The van der Waals surface area contributed by atoms with Gasteiger partial charge < -0.3 is 20.1 Å². The SMILES string of the molecule is CCCC(=O)Nc1cc(C(=O)N2CCOC(CO)C2c2ccccc2)ccc1C. The summed E-state index contributed by atoms with van der Waals surface area (Å²) in [5.41, 5.74) is 2.98. The van der Waals surface area contributed by atoms with E-state index in [0.717, 1.165) is 17.5 Å². The maximum atomic E-state index is 13.4. The van der Waals surface area contributed by atoms with Gasteiger partial charge in [-0.1, -0.05) is 43.3 Å².